The van der Waals surface area contributed by atoms with Crippen molar-refractivity contribution in [1.82, 2.24) is 14.9 Å². The lowest BCUT2D eigenvalue weighted by atomic mass is 10.1. The second-order valence-corrected chi connectivity index (χ2v) is 7.53. The van der Waals surface area contributed by atoms with Gasteiger partial charge in [0.2, 0.25) is 0 Å². The van der Waals surface area contributed by atoms with E-state index in [0.29, 0.717) is 18.0 Å². The molecule has 0 saturated heterocycles. The van der Waals surface area contributed by atoms with Gasteiger partial charge in [0.15, 0.2) is 11.7 Å². The van der Waals surface area contributed by atoms with Crippen molar-refractivity contribution in [2.75, 3.05) is 4.90 Å². The highest BCUT2D eigenvalue weighted by molar-refractivity contribution is 7.03. The van der Waals surface area contributed by atoms with Gasteiger partial charge in [0.1, 0.15) is 5.76 Å². The summed E-state index contributed by atoms with van der Waals surface area (Å²) in [7, 11) is 0. The maximum atomic E-state index is 13.4. The zero-order chi connectivity index (χ0) is 21.6. The second kappa shape index (κ2) is 9.36. The molecule has 1 N–H and O–H groups in total. The normalized spacial score (nSPS) is 11.6. The molecule has 4 aromatic rings. The molecule has 156 valence electrons. The van der Waals surface area contributed by atoms with Gasteiger partial charge in [-0.05, 0) is 48.3 Å². The minimum absolute atomic E-state index is 0.165. The third-order valence-corrected chi connectivity index (χ3v) is 5.24. The van der Waals surface area contributed by atoms with E-state index in [-0.39, 0.29) is 11.6 Å². The third-order valence-electron chi connectivity index (χ3n) is 4.74. The fourth-order valence-corrected chi connectivity index (χ4v) is 3.60. The number of nitrogens with zero attached hydrogens (tertiary/aromatic N) is 3. The maximum absolute atomic E-state index is 13.4. The molecular formula is C23H20N4O3S. The van der Waals surface area contributed by atoms with Gasteiger partial charge >= 0.3 is 0 Å². The quantitative estimate of drug-likeness (QED) is 0.474. The number of benzene rings is 2. The van der Waals surface area contributed by atoms with Crippen molar-refractivity contribution >= 4 is 29.0 Å². The first kappa shape index (κ1) is 20.5. The first-order valence-electron chi connectivity index (χ1n) is 9.66. The topological polar surface area (TPSA) is 88.3 Å². The van der Waals surface area contributed by atoms with E-state index in [1.807, 2.05) is 49.4 Å². The molecule has 0 aliphatic rings. The zero-order valence-corrected chi connectivity index (χ0v) is 17.6. The lowest BCUT2D eigenvalue weighted by Gasteiger charge is -2.29. The van der Waals surface area contributed by atoms with Crippen LogP contribution in [0.15, 0.2) is 82.8 Å². The highest BCUT2D eigenvalue weighted by Crippen LogP contribution is 2.30. The summed E-state index contributed by atoms with van der Waals surface area (Å²) < 4.78 is 9.37. The Bertz CT molecular complexity index is 1130. The summed E-state index contributed by atoms with van der Waals surface area (Å²) >= 11 is 1.08. The van der Waals surface area contributed by atoms with Crippen molar-refractivity contribution in [2.45, 2.75) is 19.5 Å². The largest absolute Gasteiger partial charge is 0.467 e. The van der Waals surface area contributed by atoms with Gasteiger partial charge in [-0.25, -0.2) is 0 Å². The van der Waals surface area contributed by atoms with E-state index in [9.17, 15) is 9.59 Å². The van der Waals surface area contributed by atoms with E-state index >= 15 is 0 Å². The molecule has 0 bridgehead atoms. The van der Waals surface area contributed by atoms with Crippen LogP contribution in [0.5, 0.6) is 0 Å². The number of aryl methyl sites for hydroxylation is 1. The lowest BCUT2D eigenvalue weighted by molar-refractivity contribution is -0.123. The lowest BCUT2D eigenvalue weighted by Crippen LogP contribution is -2.44. The molecule has 4 rings (SSSR count). The van der Waals surface area contributed by atoms with Crippen LogP contribution in [0.4, 0.5) is 5.69 Å². The number of anilines is 1. The number of amides is 2. The molecule has 2 heterocycles. The molecule has 0 aliphatic carbocycles. The highest BCUT2D eigenvalue weighted by Gasteiger charge is 2.36. The highest BCUT2D eigenvalue weighted by atomic mass is 32.1. The molecule has 8 heteroatoms. The van der Waals surface area contributed by atoms with Crippen molar-refractivity contribution in [1.29, 1.82) is 0 Å². The second-order valence-electron chi connectivity index (χ2n) is 6.92. The van der Waals surface area contributed by atoms with Crippen molar-refractivity contribution < 1.29 is 14.0 Å². The summed E-state index contributed by atoms with van der Waals surface area (Å²) in [5.41, 5.74) is 2.71. The number of rotatable bonds is 7. The summed E-state index contributed by atoms with van der Waals surface area (Å²) in [5.74, 6) is -0.451. The summed E-state index contributed by atoms with van der Waals surface area (Å²) in [6.07, 6.45) is 1.48. The summed E-state index contributed by atoms with van der Waals surface area (Å²) in [6.45, 7) is 2.28. The number of hydrogen-bond donors (Lipinski definition) is 1. The average Bonchev–Trinajstić information content (AvgIpc) is 3.51. The van der Waals surface area contributed by atoms with Crippen LogP contribution in [0.2, 0.25) is 0 Å². The molecule has 31 heavy (non-hydrogen) atoms. The van der Waals surface area contributed by atoms with Gasteiger partial charge in [0, 0.05) is 17.6 Å². The molecule has 0 unspecified atom stereocenters. The van der Waals surface area contributed by atoms with E-state index in [2.05, 4.69) is 14.9 Å². The molecule has 0 aliphatic heterocycles. The Hall–Kier alpha value is -3.78. The Balaban J connectivity index is 1.72. The molecule has 0 fully saturated rings. The fourth-order valence-electron chi connectivity index (χ4n) is 3.17. The third kappa shape index (κ3) is 4.70. The first-order valence-corrected chi connectivity index (χ1v) is 10.5. The van der Waals surface area contributed by atoms with Crippen LogP contribution in [0, 0.1) is 6.92 Å². The Morgan fingerprint density at radius 2 is 1.84 bits per heavy atom. The number of furan rings is 1. The fraction of sp³-hybridized carbons (Fsp3) is 0.130. The Labute approximate surface area is 183 Å². The minimum Gasteiger partial charge on any atom is -0.467 e. The molecule has 7 nitrogen and oxygen atoms in total. The number of carbonyl (C=O) groups excluding carboxylic acids is 2. The van der Waals surface area contributed by atoms with E-state index in [4.69, 9.17) is 4.42 Å². The van der Waals surface area contributed by atoms with Gasteiger partial charge in [-0.3, -0.25) is 14.5 Å². The minimum atomic E-state index is -1.02. The van der Waals surface area contributed by atoms with Gasteiger partial charge in [0.25, 0.3) is 11.8 Å². The van der Waals surface area contributed by atoms with Crippen LogP contribution < -0.4 is 10.2 Å². The molecule has 0 spiro atoms. The Morgan fingerprint density at radius 1 is 1.06 bits per heavy atom. The predicted octanol–water partition coefficient (Wildman–Crippen LogP) is 4.14. The molecule has 2 aromatic heterocycles. The van der Waals surface area contributed by atoms with Gasteiger partial charge < -0.3 is 9.73 Å². The standard InChI is InChI=1S/C23H20N4O3S/c1-16-9-11-18(12-10-16)27(23(29)19-15-31-26-25-19)21(20-8-5-13-30-20)22(28)24-14-17-6-3-2-4-7-17/h2-13,15,21H,14H2,1H3,(H,24,28)/t21-/m1/s1. The van der Waals surface area contributed by atoms with E-state index < -0.39 is 11.9 Å². The molecule has 2 amide bonds. The van der Waals surface area contributed by atoms with Crippen LogP contribution >= 0.6 is 11.5 Å². The maximum Gasteiger partial charge on any atom is 0.280 e. The van der Waals surface area contributed by atoms with Crippen LogP contribution in [0.25, 0.3) is 0 Å². The molecule has 0 radical (unpaired) electrons. The first-order chi connectivity index (χ1) is 15.1. The van der Waals surface area contributed by atoms with Gasteiger partial charge in [-0.2, -0.15) is 0 Å². The van der Waals surface area contributed by atoms with Crippen LogP contribution in [-0.2, 0) is 11.3 Å². The van der Waals surface area contributed by atoms with Crippen molar-refractivity contribution in [3.05, 3.63) is 101 Å². The Morgan fingerprint density at radius 3 is 2.48 bits per heavy atom. The Kier molecular flexibility index (Phi) is 6.18. The molecule has 1 atom stereocenters. The van der Waals surface area contributed by atoms with Crippen LogP contribution in [0.1, 0.15) is 33.4 Å². The van der Waals surface area contributed by atoms with Gasteiger partial charge in [-0.1, -0.05) is 52.5 Å². The molecule has 0 saturated carbocycles. The number of aromatic nitrogens is 2. The molecule has 2 aromatic carbocycles. The smallest absolute Gasteiger partial charge is 0.280 e. The number of nitrogens with one attached hydrogen (secondary N) is 1. The summed E-state index contributed by atoms with van der Waals surface area (Å²) in [4.78, 5) is 28.2. The summed E-state index contributed by atoms with van der Waals surface area (Å²) in [6, 6.07) is 19.3. The summed E-state index contributed by atoms with van der Waals surface area (Å²) in [5, 5.41) is 8.39. The predicted molar refractivity (Wildman–Crippen MR) is 118 cm³/mol. The van der Waals surface area contributed by atoms with E-state index in [1.54, 1.807) is 29.6 Å². The monoisotopic (exact) mass is 432 g/mol. The SMILES string of the molecule is Cc1ccc(N(C(=O)c2csnn2)[C@@H](C(=O)NCc2ccccc2)c2ccco2)cc1. The van der Waals surface area contributed by atoms with E-state index in [1.165, 1.54) is 11.2 Å². The van der Waals surface area contributed by atoms with Crippen molar-refractivity contribution in [3.8, 4) is 0 Å². The van der Waals surface area contributed by atoms with Crippen LogP contribution in [0.3, 0.4) is 0 Å². The van der Waals surface area contributed by atoms with Gasteiger partial charge in [-0.15, -0.1) is 5.10 Å². The molecular weight excluding hydrogens is 412 g/mol. The van der Waals surface area contributed by atoms with Crippen LogP contribution in [-0.4, -0.2) is 21.4 Å². The number of hydrogen-bond acceptors (Lipinski definition) is 6. The zero-order valence-electron chi connectivity index (χ0n) is 16.8. The van der Waals surface area contributed by atoms with E-state index in [0.717, 1.165) is 22.7 Å². The van der Waals surface area contributed by atoms with Gasteiger partial charge in [0.05, 0.1) is 6.26 Å². The number of carbonyl (C=O) groups is 2. The van der Waals surface area contributed by atoms with Crippen molar-refractivity contribution in [3.63, 3.8) is 0 Å². The van der Waals surface area contributed by atoms with Crippen molar-refractivity contribution in [2.24, 2.45) is 0 Å². The average molecular weight is 433 g/mol.